The average molecular weight is 260 g/mol. The van der Waals surface area contributed by atoms with Crippen molar-refractivity contribution < 1.29 is 4.79 Å². The molecule has 1 aromatic carbocycles. The summed E-state index contributed by atoms with van der Waals surface area (Å²) in [5, 5.41) is 3.40. The van der Waals surface area contributed by atoms with Gasteiger partial charge in [-0.15, -0.1) is 0 Å². The van der Waals surface area contributed by atoms with Crippen molar-refractivity contribution >= 4 is 11.6 Å². The molecule has 2 unspecified atom stereocenters. The van der Waals surface area contributed by atoms with Gasteiger partial charge in [0.1, 0.15) is 0 Å². The van der Waals surface area contributed by atoms with E-state index in [-0.39, 0.29) is 11.8 Å². The Morgan fingerprint density at radius 2 is 2.05 bits per heavy atom. The second kappa shape index (κ2) is 6.20. The SMILES string of the molecule is CCN(C(=O)C1CCNC(C)C1)c1ccc(C)cc1. The lowest BCUT2D eigenvalue weighted by molar-refractivity contribution is -0.123. The van der Waals surface area contributed by atoms with Crippen LogP contribution in [0.15, 0.2) is 24.3 Å². The van der Waals surface area contributed by atoms with E-state index in [9.17, 15) is 4.79 Å². The molecule has 1 aliphatic rings. The Bertz CT molecular complexity index is 427. The Kier molecular flexibility index (Phi) is 4.59. The van der Waals surface area contributed by atoms with E-state index in [0.717, 1.165) is 31.6 Å². The highest BCUT2D eigenvalue weighted by molar-refractivity contribution is 5.95. The van der Waals surface area contributed by atoms with Crippen LogP contribution in [0.5, 0.6) is 0 Å². The van der Waals surface area contributed by atoms with Crippen LogP contribution < -0.4 is 10.2 Å². The molecule has 104 valence electrons. The molecule has 2 atom stereocenters. The Hall–Kier alpha value is -1.35. The average Bonchev–Trinajstić information content (AvgIpc) is 2.41. The summed E-state index contributed by atoms with van der Waals surface area (Å²) in [6.07, 6.45) is 1.90. The lowest BCUT2D eigenvalue weighted by Gasteiger charge is -2.31. The van der Waals surface area contributed by atoms with Gasteiger partial charge < -0.3 is 10.2 Å². The van der Waals surface area contributed by atoms with Gasteiger partial charge in [-0.25, -0.2) is 0 Å². The summed E-state index contributed by atoms with van der Waals surface area (Å²) in [6, 6.07) is 8.66. The minimum atomic E-state index is 0.164. The van der Waals surface area contributed by atoms with Gasteiger partial charge in [-0.05, 0) is 52.3 Å². The molecule has 1 aromatic rings. The van der Waals surface area contributed by atoms with Crippen LogP contribution in [0.25, 0.3) is 0 Å². The van der Waals surface area contributed by atoms with Gasteiger partial charge in [-0.1, -0.05) is 17.7 Å². The van der Waals surface area contributed by atoms with Crippen LogP contribution in [0, 0.1) is 12.8 Å². The fraction of sp³-hybridized carbons (Fsp3) is 0.562. The van der Waals surface area contributed by atoms with Crippen LogP contribution in [-0.2, 0) is 4.79 Å². The largest absolute Gasteiger partial charge is 0.314 e. The maximum absolute atomic E-state index is 12.7. The first-order chi connectivity index (χ1) is 9.11. The summed E-state index contributed by atoms with van der Waals surface area (Å²) in [6.45, 7) is 7.95. The van der Waals surface area contributed by atoms with Gasteiger partial charge in [0.25, 0.3) is 0 Å². The number of anilines is 1. The molecule has 0 saturated carbocycles. The first kappa shape index (κ1) is 14.1. The van der Waals surface area contributed by atoms with Crippen molar-refractivity contribution in [3.8, 4) is 0 Å². The second-order valence-electron chi connectivity index (χ2n) is 5.49. The van der Waals surface area contributed by atoms with Gasteiger partial charge in [0, 0.05) is 24.2 Å². The number of nitrogens with zero attached hydrogens (tertiary/aromatic N) is 1. The van der Waals surface area contributed by atoms with Gasteiger partial charge >= 0.3 is 0 Å². The highest BCUT2D eigenvalue weighted by Crippen LogP contribution is 2.23. The third-order valence-corrected chi connectivity index (χ3v) is 3.90. The first-order valence-electron chi connectivity index (χ1n) is 7.23. The highest BCUT2D eigenvalue weighted by Gasteiger charge is 2.28. The van der Waals surface area contributed by atoms with Crippen LogP contribution in [0.4, 0.5) is 5.69 Å². The van der Waals surface area contributed by atoms with Gasteiger partial charge in [-0.3, -0.25) is 4.79 Å². The predicted octanol–water partition coefficient (Wildman–Crippen LogP) is 2.74. The van der Waals surface area contributed by atoms with E-state index in [1.165, 1.54) is 5.56 Å². The molecular weight excluding hydrogens is 236 g/mol. The summed E-state index contributed by atoms with van der Waals surface area (Å²) >= 11 is 0. The van der Waals surface area contributed by atoms with Crippen molar-refractivity contribution in [2.24, 2.45) is 5.92 Å². The van der Waals surface area contributed by atoms with E-state index in [4.69, 9.17) is 0 Å². The molecule has 0 spiro atoms. The quantitative estimate of drug-likeness (QED) is 0.906. The molecule has 0 bridgehead atoms. The summed E-state index contributed by atoms with van der Waals surface area (Å²) in [7, 11) is 0. The fourth-order valence-electron chi connectivity index (χ4n) is 2.77. The van der Waals surface area contributed by atoms with Crippen LogP contribution in [0.2, 0.25) is 0 Å². The molecule has 19 heavy (non-hydrogen) atoms. The standard InChI is InChI=1S/C16H24N2O/c1-4-18(15-7-5-12(2)6-8-15)16(19)14-9-10-17-13(3)11-14/h5-8,13-14,17H,4,9-11H2,1-3H3. The number of nitrogens with one attached hydrogen (secondary N) is 1. The zero-order valence-corrected chi connectivity index (χ0v) is 12.1. The summed E-state index contributed by atoms with van der Waals surface area (Å²) in [5.41, 5.74) is 2.24. The fourth-order valence-corrected chi connectivity index (χ4v) is 2.77. The smallest absolute Gasteiger partial charge is 0.230 e. The van der Waals surface area contributed by atoms with Gasteiger partial charge in [0.15, 0.2) is 0 Å². The maximum atomic E-state index is 12.7. The van der Waals surface area contributed by atoms with Gasteiger partial charge in [0.05, 0.1) is 0 Å². The Balaban J connectivity index is 2.12. The Labute approximate surface area is 116 Å². The van der Waals surface area contributed by atoms with Gasteiger partial charge in [-0.2, -0.15) is 0 Å². The number of hydrogen-bond donors (Lipinski definition) is 1. The molecule has 2 rings (SSSR count). The monoisotopic (exact) mass is 260 g/mol. The van der Waals surface area contributed by atoms with E-state index in [2.05, 4.69) is 31.3 Å². The summed E-state index contributed by atoms with van der Waals surface area (Å²) in [5.74, 6) is 0.442. The molecule has 1 saturated heterocycles. The molecule has 0 radical (unpaired) electrons. The van der Waals surface area contributed by atoms with Crippen molar-refractivity contribution in [2.45, 2.75) is 39.7 Å². The summed E-state index contributed by atoms with van der Waals surface area (Å²) in [4.78, 5) is 14.6. The lowest BCUT2D eigenvalue weighted by Crippen LogP contribution is -2.44. The normalized spacial score (nSPS) is 23.1. The van der Waals surface area contributed by atoms with Crippen molar-refractivity contribution in [3.63, 3.8) is 0 Å². The summed E-state index contributed by atoms with van der Waals surface area (Å²) < 4.78 is 0. The topological polar surface area (TPSA) is 32.3 Å². The number of hydrogen-bond acceptors (Lipinski definition) is 2. The molecule has 1 heterocycles. The third-order valence-electron chi connectivity index (χ3n) is 3.90. The number of rotatable bonds is 3. The van der Waals surface area contributed by atoms with Crippen LogP contribution in [-0.4, -0.2) is 25.0 Å². The molecule has 3 heteroatoms. The molecular formula is C16H24N2O. The van der Waals surface area contributed by atoms with Crippen molar-refractivity contribution in [1.29, 1.82) is 0 Å². The van der Waals surface area contributed by atoms with E-state index in [1.54, 1.807) is 0 Å². The molecule has 0 aromatic heterocycles. The number of amides is 1. The minimum absolute atomic E-state index is 0.164. The van der Waals surface area contributed by atoms with Crippen molar-refractivity contribution in [2.75, 3.05) is 18.0 Å². The van der Waals surface area contributed by atoms with Gasteiger partial charge in [0.2, 0.25) is 5.91 Å². The molecule has 0 aliphatic carbocycles. The van der Waals surface area contributed by atoms with E-state index in [0.29, 0.717) is 6.04 Å². The van der Waals surface area contributed by atoms with E-state index in [1.807, 2.05) is 24.0 Å². The van der Waals surface area contributed by atoms with E-state index >= 15 is 0 Å². The number of carbonyl (C=O) groups is 1. The lowest BCUT2D eigenvalue weighted by atomic mass is 9.92. The zero-order valence-electron chi connectivity index (χ0n) is 12.1. The number of carbonyl (C=O) groups excluding carboxylic acids is 1. The third kappa shape index (κ3) is 3.35. The Morgan fingerprint density at radius 3 is 2.63 bits per heavy atom. The zero-order chi connectivity index (χ0) is 13.8. The highest BCUT2D eigenvalue weighted by atomic mass is 16.2. The van der Waals surface area contributed by atoms with Crippen LogP contribution in [0.3, 0.4) is 0 Å². The second-order valence-corrected chi connectivity index (χ2v) is 5.49. The minimum Gasteiger partial charge on any atom is -0.314 e. The van der Waals surface area contributed by atoms with Crippen LogP contribution in [0.1, 0.15) is 32.3 Å². The molecule has 3 nitrogen and oxygen atoms in total. The van der Waals surface area contributed by atoms with Crippen molar-refractivity contribution in [3.05, 3.63) is 29.8 Å². The number of piperidine rings is 1. The predicted molar refractivity (Wildman–Crippen MR) is 79.4 cm³/mol. The molecule has 1 N–H and O–H groups in total. The van der Waals surface area contributed by atoms with Crippen LogP contribution >= 0.6 is 0 Å². The van der Waals surface area contributed by atoms with E-state index < -0.39 is 0 Å². The first-order valence-corrected chi connectivity index (χ1v) is 7.23. The number of aryl methyl sites for hydroxylation is 1. The Morgan fingerprint density at radius 1 is 1.37 bits per heavy atom. The van der Waals surface area contributed by atoms with Crippen molar-refractivity contribution in [1.82, 2.24) is 5.32 Å². The molecule has 1 amide bonds. The maximum Gasteiger partial charge on any atom is 0.230 e. The molecule has 1 fully saturated rings. The number of benzene rings is 1. The molecule has 1 aliphatic heterocycles.